The van der Waals surface area contributed by atoms with Gasteiger partial charge in [-0.3, -0.25) is 0 Å². The molecule has 1 aromatic carbocycles. The molecule has 0 bridgehead atoms. The molecular weight excluding hydrogens is 214 g/mol. The minimum atomic E-state index is -0.602. The lowest BCUT2D eigenvalue weighted by Gasteiger charge is -2.26. The van der Waals surface area contributed by atoms with Crippen LogP contribution in [0.3, 0.4) is 0 Å². The Hall–Kier alpha value is -1.06. The fourth-order valence-electron chi connectivity index (χ4n) is 2.05. The Morgan fingerprint density at radius 3 is 2.65 bits per heavy atom. The zero-order chi connectivity index (χ0) is 12.3. The van der Waals surface area contributed by atoms with E-state index in [-0.39, 0.29) is 0 Å². The van der Waals surface area contributed by atoms with Crippen LogP contribution in [0.4, 0.5) is 5.69 Å². The second-order valence-corrected chi connectivity index (χ2v) is 4.76. The van der Waals surface area contributed by atoms with Crippen molar-refractivity contribution >= 4 is 5.69 Å². The molecule has 0 saturated heterocycles. The van der Waals surface area contributed by atoms with Crippen LogP contribution in [0.2, 0.25) is 0 Å². The van der Waals surface area contributed by atoms with Crippen molar-refractivity contribution in [3.8, 4) is 0 Å². The van der Waals surface area contributed by atoms with Crippen molar-refractivity contribution in [1.82, 2.24) is 0 Å². The Morgan fingerprint density at radius 1 is 1.24 bits per heavy atom. The molecule has 94 valence electrons. The van der Waals surface area contributed by atoms with E-state index in [0.717, 1.165) is 25.1 Å². The third-order valence-corrected chi connectivity index (χ3v) is 3.66. The SMILES string of the molecule is CCC(O)(CC)CNc1ccc2c(c1)COC2. The second-order valence-electron chi connectivity index (χ2n) is 4.76. The first-order valence-electron chi connectivity index (χ1n) is 6.32. The summed E-state index contributed by atoms with van der Waals surface area (Å²) in [6.07, 6.45) is 1.54. The molecule has 0 saturated carbocycles. The molecule has 0 unspecified atom stereocenters. The van der Waals surface area contributed by atoms with Gasteiger partial charge in [0, 0.05) is 12.2 Å². The van der Waals surface area contributed by atoms with Gasteiger partial charge in [0.05, 0.1) is 18.8 Å². The number of rotatable bonds is 5. The fourth-order valence-corrected chi connectivity index (χ4v) is 2.05. The van der Waals surface area contributed by atoms with Crippen LogP contribution in [0.5, 0.6) is 0 Å². The Balaban J connectivity index is 2.00. The first kappa shape index (κ1) is 12.4. The molecule has 0 spiro atoms. The van der Waals surface area contributed by atoms with Gasteiger partial charge in [0.15, 0.2) is 0 Å². The van der Waals surface area contributed by atoms with Crippen molar-refractivity contribution in [3.63, 3.8) is 0 Å². The van der Waals surface area contributed by atoms with Crippen molar-refractivity contribution in [1.29, 1.82) is 0 Å². The molecule has 1 heterocycles. The highest BCUT2D eigenvalue weighted by molar-refractivity contribution is 5.49. The van der Waals surface area contributed by atoms with E-state index in [1.54, 1.807) is 0 Å². The van der Waals surface area contributed by atoms with Gasteiger partial charge in [-0.1, -0.05) is 19.9 Å². The van der Waals surface area contributed by atoms with E-state index >= 15 is 0 Å². The quantitative estimate of drug-likeness (QED) is 0.824. The average Bonchev–Trinajstić information content (AvgIpc) is 2.83. The zero-order valence-corrected chi connectivity index (χ0v) is 10.6. The summed E-state index contributed by atoms with van der Waals surface area (Å²) in [6.45, 7) is 6.06. The lowest BCUT2D eigenvalue weighted by molar-refractivity contribution is 0.0457. The highest BCUT2D eigenvalue weighted by atomic mass is 16.5. The normalized spacial score (nSPS) is 14.8. The molecule has 17 heavy (non-hydrogen) atoms. The summed E-state index contributed by atoms with van der Waals surface area (Å²) in [5, 5.41) is 13.5. The van der Waals surface area contributed by atoms with Gasteiger partial charge < -0.3 is 15.2 Å². The lowest BCUT2D eigenvalue weighted by atomic mass is 9.97. The number of fused-ring (bicyclic) bond motifs is 1. The third-order valence-electron chi connectivity index (χ3n) is 3.66. The molecule has 0 atom stereocenters. The van der Waals surface area contributed by atoms with Gasteiger partial charge in [0.25, 0.3) is 0 Å². The van der Waals surface area contributed by atoms with Gasteiger partial charge in [-0.05, 0) is 36.1 Å². The molecule has 1 aliphatic heterocycles. The molecular formula is C14H21NO2. The van der Waals surface area contributed by atoms with E-state index in [4.69, 9.17) is 4.74 Å². The number of hydrogen-bond acceptors (Lipinski definition) is 3. The van der Waals surface area contributed by atoms with Crippen molar-refractivity contribution in [2.45, 2.75) is 45.5 Å². The topological polar surface area (TPSA) is 41.5 Å². The monoisotopic (exact) mass is 235 g/mol. The first-order chi connectivity index (χ1) is 8.17. The largest absolute Gasteiger partial charge is 0.388 e. The Morgan fingerprint density at radius 2 is 1.94 bits per heavy atom. The average molecular weight is 235 g/mol. The van der Waals surface area contributed by atoms with Crippen LogP contribution >= 0.6 is 0 Å². The molecule has 2 N–H and O–H groups in total. The van der Waals surface area contributed by atoms with Gasteiger partial charge in [-0.15, -0.1) is 0 Å². The van der Waals surface area contributed by atoms with Crippen molar-refractivity contribution in [2.24, 2.45) is 0 Å². The molecule has 0 amide bonds. The summed E-state index contributed by atoms with van der Waals surface area (Å²) in [7, 11) is 0. The molecule has 0 aromatic heterocycles. The number of ether oxygens (including phenoxy) is 1. The predicted octanol–water partition coefficient (Wildman–Crippen LogP) is 2.68. The van der Waals surface area contributed by atoms with Gasteiger partial charge in [-0.25, -0.2) is 0 Å². The fraction of sp³-hybridized carbons (Fsp3) is 0.571. The summed E-state index contributed by atoms with van der Waals surface area (Å²) in [4.78, 5) is 0. The van der Waals surface area contributed by atoms with Crippen LogP contribution < -0.4 is 5.32 Å². The van der Waals surface area contributed by atoms with Gasteiger partial charge in [0.1, 0.15) is 0 Å². The summed E-state index contributed by atoms with van der Waals surface area (Å²) in [5.74, 6) is 0. The number of hydrogen-bond donors (Lipinski definition) is 2. The van der Waals surface area contributed by atoms with Crippen LogP contribution in [0.1, 0.15) is 37.8 Å². The zero-order valence-electron chi connectivity index (χ0n) is 10.6. The minimum absolute atomic E-state index is 0.597. The van der Waals surface area contributed by atoms with E-state index in [0.29, 0.717) is 13.2 Å². The number of benzene rings is 1. The summed E-state index contributed by atoms with van der Waals surface area (Å²) >= 11 is 0. The molecule has 0 aliphatic carbocycles. The highest BCUT2D eigenvalue weighted by Gasteiger charge is 2.21. The van der Waals surface area contributed by atoms with E-state index in [2.05, 4.69) is 23.5 Å². The van der Waals surface area contributed by atoms with Crippen molar-refractivity contribution in [3.05, 3.63) is 29.3 Å². The number of anilines is 1. The maximum absolute atomic E-state index is 10.2. The van der Waals surface area contributed by atoms with Gasteiger partial charge in [-0.2, -0.15) is 0 Å². The van der Waals surface area contributed by atoms with E-state index in [1.165, 1.54) is 11.1 Å². The van der Waals surface area contributed by atoms with Crippen LogP contribution in [-0.4, -0.2) is 17.3 Å². The molecule has 0 fully saturated rings. The predicted molar refractivity (Wildman–Crippen MR) is 69.0 cm³/mol. The van der Waals surface area contributed by atoms with E-state index < -0.39 is 5.60 Å². The van der Waals surface area contributed by atoms with Crippen LogP contribution in [0.15, 0.2) is 18.2 Å². The molecule has 3 heteroatoms. The summed E-state index contributed by atoms with van der Waals surface area (Å²) < 4.78 is 5.38. The molecule has 3 nitrogen and oxygen atoms in total. The maximum Gasteiger partial charge on any atom is 0.0814 e. The Kier molecular flexibility index (Phi) is 3.69. The smallest absolute Gasteiger partial charge is 0.0814 e. The maximum atomic E-state index is 10.2. The highest BCUT2D eigenvalue weighted by Crippen LogP contribution is 2.24. The molecule has 1 aromatic rings. The lowest BCUT2D eigenvalue weighted by Crippen LogP contribution is -2.35. The number of aliphatic hydroxyl groups is 1. The number of nitrogens with one attached hydrogen (secondary N) is 1. The van der Waals surface area contributed by atoms with Crippen molar-refractivity contribution in [2.75, 3.05) is 11.9 Å². The van der Waals surface area contributed by atoms with Gasteiger partial charge in [0.2, 0.25) is 0 Å². The van der Waals surface area contributed by atoms with Gasteiger partial charge >= 0.3 is 0 Å². The molecule has 2 rings (SSSR count). The van der Waals surface area contributed by atoms with Crippen molar-refractivity contribution < 1.29 is 9.84 Å². The Labute approximate surface area is 103 Å². The van der Waals surface area contributed by atoms with E-state index in [9.17, 15) is 5.11 Å². The summed E-state index contributed by atoms with van der Waals surface area (Å²) in [5.41, 5.74) is 2.99. The minimum Gasteiger partial charge on any atom is -0.388 e. The van der Waals surface area contributed by atoms with Crippen LogP contribution in [-0.2, 0) is 18.0 Å². The summed E-state index contributed by atoms with van der Waals surface area (Å²) in [6, 6.07) is 6.27. The standard InChI is InChI=1S/C14H21NO2/c1-3-14(16,4-2)10-15-13-6-5-11-8-17-9-12(11)7-13/h5-7,15-16H,3-4,8-10H2,1-2H3. The van der Waals surface area contributed by atoms with E-state index in [1.807, 2.05) is 13.8 Å². The molecule has 1 aliphatic rings. The Bertz CT molecular complexity index is 386. The first-order valence-corrected chi connectivity index (χ1v) is 6.32. The third kappa shape index (κ3) is 2.79. The van der Waals surface area contributed by atoms with Crippen LogP contribution in [0.25, 0.3) is 0 Å². The van der Waals surface area contributed by atoms with Crippen LogP contribution in [0, 0.1) is 0 Å². The molecule has 0 radical (unpaired) electrons. The second kappa shape index (κ2) is 5.07.